The van der Waals surface area contributed by atoms with E-state index in [1.807, 2.05) is 0 Å². The summed E-state index contributed by atoms with van der Waals surface area (Å²) in [6.07, 6.45) is 0. The largest absolute Gasteiger partial charge is 0.507 e. The quantitative estimate of drug-likeness (QED) is 0.607. The molecule has 2 aromatic carbocycles. The van der Waals surface area contributed by atoms with Crippen LogP contribution in [0.15, 0.2) is 30.3 Å². The van der Waals surface area contributed by atoms with Crippen molar-refractivity contribution >= 4 is 17.7 Å². The Morgan fingerprint density at radius 3 is 2.12 bits per heavy atom. The van der Waals surface area contributed by atoms with Gasteiger partial charge in [-0.3, -0.25) is 4.79 Å². The van der Waals surface area contributed by atoms with Crippen LogP contribution in [0.2, 0.25) is 0 Å². The van der Waals surface area contributed by atoms with Gasteiger partial charge in [-0.05, 0) is 24.3 Å². The molecular formula is C16H12O8. The van der Waals surface area contributed by atoms with Crippen molar-refractivity contribution in [2.45, 2.75) is 0 Å². The van der Waals surface area contributed by atoms with Crippen molar-refractivity contribution in [3.8, 4) is 17.2 Å². The minimum Gasteiger partial charge on any atom is -0.507 e. The highest BCUT2D eigenvalue weighted by atomic mass is 16.5. The van der Waals surface area contributed by atoms with Crippen LogP contribution in [0.3, 0.4) is 0 Å². The van der Waals surface area contributed by atoms with Crippen LogP contribution < -0.4 is 4.74 Å². The molecule has 4 N–H and O–H groups in total. The molecule has 0 aromatic heterocycles. The molecule has 24 heavy (non-hydrogen) atoms. The fourth-order valence-electron chi connectivity index (χ4n) is 2.20. The normalized spacial score (nSPS) is 10.2. The zero-order valence-electron chi connectivity index (χ0n) is 12.3. The molecule has 8 nitrogen and oxygen atoms in total. The van der Waals surface area contributed by atoms with Gasteiger partial charge >= 0.3 is 11.9 Å². The first-order valence-corrected chi connectivity index (χ1v) is 6.52. The molecule has 8 heteroatoms. The third-order valence-corrected chi connectivity index (χ3v) is 3.28. The van der Waals surface area contributed by atoms with Crippen molar-refractivity contribution in [3.05, 3.63) is 52.6 Å². The second kappa shape index (κ2) is 6.29. The fraction of sp³-hybridized carbons (Fsp3) is 0.0625. The molecule has 0 fully saturated rings. The second-order valence-corrected chi connectivity index (χ2v) is 4.71. The van der Waals surface area contributed by atoms with E-state index >= 15 is 0 Å². The lowest BCUT2D eigenvalue weighted by molar-refractivity contribution is 0.0684. The molecule has 0 atom stereocenters. The van der Waals surface area contributed by atoms with Crippen LogP contribution in [0.5, 0.6) is 17.2 Å². The second-order valence-electron chi connectivity index (χ2n) is 4.71. The zero-order chi connectivity index (χ0) is 18.0. The number of carbonyl (C=O) groups excluding carboxylic acids is 1. The van der Waals surface area contributed by atoms with Crippen LogP contribution in [0.1, 0.15) is 36.6 Å². The minimum atomic E-state index is -1.45. The van der Waals surface area contributed by atoms with Crippen LogP contribution in [-0.4, -0.2) is 45.3 Å². The summed E-state index contributed by atoms with van der Waals surface area (Å²) in [6, 6.07) is 5.33. The van der Waals surface area contributed by atoms with Crippen molar-refractivity contribution in [1.82, 2.24) is 0 Å². The van der Waals surface area contributed by atoms with Crippen molar-refractivity contribution in [3.63, 3.8) is 0 Å². The molecule has 0 saturated heterocycles. The fourth-order valence-corrected chi connectivity index (χ4v) is 2.20. The number of benzene rings is 2. The summed E-state index contributed by atoms with van der Waals surface area (Å²) in [4.78, 5) is 34.9. The molecule has 2 aromatic rings. The van der Waals surface area contributed by atoms with Crippen LogP contribution in [0.25, 0.3) is 0 Å². The lowest BCUT2D eigenvalue weighted by Gasteiger charge is -2.13. The van der Waals surface area contributed by atoms with E-state index in [-0.39, 0.29) is 11.3 Å². The van der Waals surface area contributed by atoms with Gasteiger partial charge in [-0.15, -0.1) is 0 Å². The first kappa shape index (κ1) is 16.8. The molecule has 0 unspecified atom stereocenters. The van der Waals surface area contributed by atoms with E-state index in [0.717, 1.165) is 31.4 Å². The third-order valence-electron chi connectivity index (χ3n) is 3.28. The summed E-state index contributed by atoms with van der Waals surface area (Å²) in [7, 11) is 1.15. The number of aromatic hydroxyl groups is 2. The highest BCUT2D eigenvalue weighted by molar-refractivity contribution is 6.18. The molecule has 124 valence electrons. The van der Waals surface area contributed by atoms with Gasteiger partial charge in [0.2, 0.25) is 5.78 Å². The summed E-state index contributed by atoms with van der Waals surface area (Å²) in [5.74, 6) is -5.39. The Morgan fingerprint density at radius 1 is 0.917 bits per heavy atom. The van der Waals surface area contributed by atoms with Crippen molar-refractivity contribution in [2.24, 2.45) is 0 Å². The molecule has 0 aliphatic rings. The molecule has 0 heterocycles. The van der Waals surface area contributed by atoms with Gasteiger partial charge in [-0.25, -0.2) is 9.59 Å². The monoisotopic (exact) mass is 332 g/mol. The Morgan fingerprint density at radius 2 is 1.58 bits per heavy atom. The van der Waals surface area contributed by atoms with Crippen LogP contribution >= 0.6 is 0 Å². The van der Waals surface area contributed by atoms with Gasteiger partial charge in [0.25, 0.3) is 0 Å². The van der Waals surface area contributed by atoms with Crippen LogP contribution in [0.4, 0.5) is 0 Å². The number of rotatable bonds is 5. The number of methoxy groups -OCH3 is 1. The predicted molar refractivity (Wildman–Crippen MR) is 80.1 cm³/mol. The van der Waals surface area contributed by atoms with Gasteiger partial charge < -0.3 is 25.2 Å². The molecule has 0 radical (unpaired) electrons. The number of phenolic OH excluding ortho intramolecular Hbond substituents is 2. The number of ketones is 1. The van der Waals surface area contributed by atoms with E-state index in [4.69, 9.17) is 14.9 Å². The lowest BCUT2D eigenvalue weighted by atomic mass is 9.95. The Kier molecular flexibility index (Phi) is 4.41. The number of phenols is 2. The number of carbonyl (C=O) groups is 3. The van der Waals surface area contributed by atoms with E-state index in [1.165, 1.54) is 6.07 Å². The smallest absolute Gasteiger partial charge is 0.336 e. The lowest BCUT2D eigenvalue weighted by Crippen LogP contribution is -2.12. The zero-order valence-corrected chi connectivity index (χ0v) is 12.3. The Hall–Kier alpha value is -3.55. The van der Waals surface area contributed by atoms with Gasteiger partial charge in [0.15, 0.2) is 0 Å². The third kappa shape index (κ3) is 2.84. The van der Waals surface area contributed by atoms with E-state index in [2.05, 4.69) is 0 Å². The topological polar surface area (TPSA) is 141 Å². The number of hydrogen-bond acceptors (Lipinski definition) is 6. The standard InChI is InChI=1S/C16H12O8/c1-24-11-6-7(15(20)21)5-10(18)13(11)14(19)12-8(16(22)23)3-2-4-9(12)17/h2-6,17-18H,1H3,(H,20,21)(H,22,23). The SMILES string of the molecule is COc1cc(C(=O)O)cc(O)c1C(=O)c1c(O)cccc1C(=O)O. The summed E-state index contributed by atoms with van der Waals surface area (Å²) in [5, 5.41) is 38.0. The van der Waals surface area contributed by atoms with Gasteiger partial charge in [0, 0.05) is 0 Å². The summed E-state index contributed by atoms with van der Waals surface area (Å²) in [6.45, 7) is 0. The van der Waals surface area contributed by atoms with Gasteiger partial charge in [0.1, 0.15) is 22.8 Å². The Balaban J connectivity index is 2.72. The highest BCUT2D eigenvalue weighted by Crippen LogP contribution is 2.35. The van der Waals surface area contributed by atoms with Crippen molar-refractivity contribution in [2.75, 3.05) is 7.11 Å². The van der Waals surface area contributed by atoms with E-state index in [1.54, 1.807) is 0 Å². The number of carboxylic acid groups (broad SMARTS) is 2. The van der Waals surface area contributed by atoms with E-state index in [9.17, 15) is 24.6 Å². The predicted octanol–water partition coefficient (Wildman–Crippen LogP) is 1.73. The molecule has 2 rings (SSSR count). The van der Waals surface area contributed by atoms with Gasteiger partial charge in [-0.1, -0.05) is 6.07 Å². The number of hydrogen-bond donors (Lipinski definition) is 4. The molecule has 0 aliphatic heterocycles. The van der Waals surface area contributed by atoms with E-state index in [0.29, 0.717) is 0 Å². The summed E-state index contributed by atoms with van der Waals surface area (Å²) < 4.78 is 4.93. The molecule has 0 spiro atoms. The van der Waals surface area contributed by atoms with Gasteiger partial charge in [-0.2, -0.15) is 0 Å². The van der Waals surface area contributed by atoms with Gasteiger partial charge in [0.05, 0.1) is 23.8 Å². The molecular weight excluding hydrogens is 320 g/mol. The summed E-state index contributed by atoms with van der Waals surface area (Å²) >= 11 is 0. The maximum atomic E-state index is 12.7. The van der Waals surface area contributed by atoms with Crippen molar-refractivity contribution < 1.29 is 39.5 Å². The Bertz CT molecular complexity index is 853. The van der Waals surface area contributed by atoms with Crippen LogP contribution in [0, 0.1) is 0 Å². The summed E-state index contributed by atoms with van der Waals surface area (Å²) in [5.41, 5.74) is -1.78. The number of aromatic carboxylic acids is 2. The molecule has 0 amide bonds. The number of carboxylic acids is 2. The molecule has 0 bridgehead atoms. The molecule has 0 saturated carbocycles. The Labute approximate surface area is 135 Å². The molecule has 0 aliphatic carbocycles. The average molecular weight is 332 g/mol. The highest BCUT2D eigenvalue weighted by Gasteiger charge is 2.27. The maximum absolute atomic E-state index is 12.7. The first-order chi connectivity index (χ1) is 11.3. The van der Waals surface area contributed by atoms with Crippen molar-refractivity contribution in [1.29, 1.82) is 0 Å². The van der Waals surface area contributed by atoms with E-state index < -0.39 is 45.9 Å². The maximum Gasteiger partial charge on any atom is 0.336 e. The first-order valence-electron chi connectivity index (χ1n) is 6.52. The number of ether oxygens (including phenoxy) is 1. The van der Waals surface area contributed by atoms with Crippen LogP contribution in [-0.2, 0) is 0 Å². The minimum absolute atomic E-state index is 0.267. The average Bonchev–Trinajstić information content (AvgIpc) is 2.52.